The molecule has 14 heavy (non-hydrogen) atoms. The van der Waals surface area contributed by atoms with Crippen LogP contribution in [-0.2, 0) is 6.42 Å². The van der Waals surface area contributed by atoms with Crippen molar-refractivity contribution in [2.45, 2.75) is 32.2 Å². The first kappa shape index (κ1) is 10.2. The molecule has 76 valence electrons. The van der Waals surface area contributed by atoms with Gasteiger partial charge in [-0.15, -0.1) is 0 Å². The molecule has 2 heteroatoms. The Morgan fingerprint density at radius 2 is 2.29 bits per heavy atom. The number of halogens is 1. The summed E-state index contributed by atoms with van der Waals surface area (Å²) in [5.74, 6) is 0. The quantitative estimate of drug-likeness (QED) is 0.852. The van der Waals surface area contributed by atoms with Gasteiger partial charge in [0.1, 0.15) is 0 Å². The van der Waals surface area contributed by atoms with Crippen molar-refractivity contribution in [2.24, 2.45) is 0 Å². The number of hydrogen-bond acceptors (Lipinski definition) is 1. The highest BCUT2D eigenvalue weighted by Crippen LogP contribution is 2.26. The molecule has 0 saturated carbocycles. The second-order valence-corrected chi connectivity index (χ2v) is 4.81. The summed E-state index contributed by atoms with van der Waals surface area (Å²) in [5, 5.41) is 3.53. The van der Waals surface area contributed by atoms with Gasteiger partial charge in [0.2, 0.25) is 0 Å². The van der Waals surface area contributed by atoms with Gasteiger partial charge in [-0.05, 0) is 49.1 Å². The summed E-state index contributed by atoms with van der Waals surface area (Å²) in [5.41, 5.74) is 2.86. The fraction of sp³-hybridized carbons (Fsp3) is 0.500. The Balaban J connectivity index is 2.27. The highest BCUT2D eigenvalue weighted by molar-refractivity contribution is 9.10. The topological polar surface area (TPSA) is 12.0 Å². The van der Waals surface area contributed by atoms with E-state index < -0.39 is 0 Å². The summed E-state index contributed by atoms with van der Waals surface area (Å²) < 4.78 is 1.21. The molecule has 0 aliphatic carbocycles. The third-order valence-electron chi connectivity index (χ3n) is 2.85. The first-order valence-corrected chi connectivity index (χ1v) is 6.11. The van der Waals surface area contributed by atoms with Crippen LogP contribution in [0.2, 0.25) is 0 Å². The highest BCUT2D eigenvalue weighted by Gasteiger charge is 2.16. The second-order valence-electron chi connectivity index (χ2n) is 3.90. The highest BCUT2D eigenvalue weighted by atomic mass is 79.9. The van der Waals surface area contributed by atoms with Crippen LogP contribution in [0.3, 0.4) is 0 Å². The van der Waals surface area contributed by atoms with Crippen molar-refractivity contribution in [3.63, 3.8) is 0 Å². The van der Waals surface area contributed by atoms with Crippen LogP contribution < -0.4 is 5.32 Å². The van der Waals surface area contributed by atoms with Crippen LogP contribution in [0.15, 0.2) is 22.7 Å². The van der Waals surface area contributed by atoms with E-state index in [2.05, 4.69) is 46.4 Å². The Labute approximate surface area is 94.0 Å². The normalized spacial score (nSPS) is 21.4. The summed E-state index contributed by atoms with van der Waals surface area (Å²) in [6.07, 6.45) is 3.69. The number of nitrogens with one attached hydrogen (secondary N) is 1. The van der Waals surface area contributed by atoms with Gasteiger partial charge in [-0.1, -0.05) is 28.9 Å². The van der Waals surface area contributed by atoms with Crippen molar-refractivity contribution in [2.75, 3.05) is 6.54 Å². The van der Waals surface area contributed by atoms with Crippen molar-refractivity contribution in [1.29, 1.82) is 0 Å². The van der Waals surface area contributed by atoms with E-state index in [4.69, 9.17) is 0 Å². The van der Waals surface area contributed by atoms with Gasteiger partial charge >= 0.3 is 0 Å². The smallest absolute Gasteiger partial charge is 0.0321 e. The molecule has 1 aromatic rings. The third kappa shape index (κ3) is 2.18. The fourth-order valence-corrected chi connectivity index (χ4v) is 2.61. The molecule has 0 amide bonds. The van der Waals surface area contributed by atoms with E-state index >= 15 is 0 Å². The van der Waals surface area contributed by atoms with Crippen molar-refractivity contribution >= 4 is 15.9 Å². The maximum atomic E-state index is 3.57. The van der Waals surface area contributed by atoms with E-state index in [0.29, 0.717) is 6.04 Å². The lowest BCUT2D eigenvalue weighted by Crippen LogP contribution is -2.12. The lowest BCUT2D eigenvalue weighted by molar-refractivity contribution is 0.646. The van der Waals surface area contributed by atoms with Crippen molar-refractivity contribution < 1.29 is 0 Å². The molecule has 1 unspecified atom stereocenters. The fourth-order valence-electron chi connectivity index (χ4n) is 2.05. The molecule has 1 aliphatic rings. The zero-order valence-electron chi connectivity index (χ0n) is 8.52. The van der Waals surface area contributed by atoms with Crippen molar-refractivity contribution in [1.82, 2.24) is 5.32 Å². The van der Waals surface area contributed by atoms with Crippen LogP contribution in [-0.4, -0.2) is 6.54 Å². The Morgan fingerprint density at radius 3 is 2.93 bits per heavy atom. The van der Waals surface area contributed by atoms with Gasteiger partial charge in [0.15, 0.2) is 0 Å². The third-order valence-corrected chi connectivity index (χ3v) is 3.31. The lowest BCUT2D eigenvalue weighted by Gasteiger charge is -2.12. The molecular formula is C12H16BrN. The Bertz CT molecular complexity index is 316. The Morgan fingerprint density at radius 1 is 1.43 bits per heavy atom. The van der Waals surface area contributed by atoms with Gasteiger partial charge in [0.25, 0.3) is 0 Å². The average molecular weight is 254 g/mol. The first-order valence-electron chi connectivity index (χ1n) is 5.32. The summed E-state index contributed by atoms with van der Waals surface area (Å²) >= 11 is 3.57. The summed E-state index contributed by atoms with van der Waals surface area (Å²) in [4.78, 5) is 0. The average Bonchev–Trinajstić information content (AvgIpc) is 2.69. The van der Waals surface area contributed by atoms with Gasteiger partial charge in [-0.3, -0.25) is 0 Å². The van der Waals surface area contributed by atoms with Gasteiger partial charge in [-0.2, -0.15) is 0 Å². The first-order chi connectivity index (χ1) is 6.79. The minimum Gasteiger partial charge on any atom is -0.310 e. The van der Waals surface area contributed by atoms with E-state index in [0.717, 1.165) is 6.42 Å². The second kappa shape index (κ2) is 4.45. The lowest BCUT2D eigenvalue weighted by atomic mass is 10.0. The van der Waals surface area contributed by atoms with E-state index in [1.54, 1.807) is 0 Å². The number of aryl methyl sites for hydroxylation is 1. The minimum absolute atomic E-state index is 0.581. The monoisotopic (exact) mass is 253 g/mol. The van der Waals surface area contributed by atoms with E-state index in [1.807, 2.05) is 0 Å². The molecule has 1 aromatic carbocycles. The largest absolute Gasteiger partial charge is 0.310 e. The number of benzene rings is 1. The van der Waals surface area contributed by atoms with Gasteiger partial charge in [-0.25, -0.2) is 0 Å². The van der Waals surface area contributed by atoms with Crippen LogP contribution in [0.25, 0.3) is 0 Å². The maximum Gasteiger partial charge on any atom is 0.0321 e. The molecule has 0 spiro atoms. The Kier molecular flexibility index (Phi) is 3.24. The predicted molar refractivity (Wildman–Crippen MR) is 63.5 cm³/mol. The molecule has 1 aliphatic heterocycles. The summed E-state index contributed by atoms with van der Waals surface area (Å²) in [6, 6.07) is 7.35. The van der Waals surface area contributed by atoms with Crippen molar-refractivity contribution in [3.8, 4) is 0 Å². The number of rotatable bonds is 2. The summed E-state index contributed by atoms with van der Waals surface area (Å²) in [7, 11) is 0. The molecule has 1 atom stereocenters. The van der Waals surface area contributed by atoms with Crippen LogP contribution in [0.5, 0.6) is 0 Å². The zero-order chi connectivity index (χ0) is 9.97. The molecule has 1 heterocycles. The molecule has 0 bridgehead atoms. The van der Waals surface area contributed by atoms with Crippen LogP contribution >= 0.6 is 15.9 Å². The summed E-state index contributed by atoms with van der Waals surface area (Å²) in [6.45, 7) is 3.37. The zero-order valence-corrected chi connectivity index (χ0v) is 10.1. The van der Waals surface area contributed by atoms with Crippen molar-refractivity contribution in [3.05, 3.63) is 33.8 Å². The van der Waals surface area contributed by atoms with E-state index in [9.17, 15) is 0 Å². The Hall–Kier alpha value is -0.340. The molecule has 1 saturated heterocycles. The number of hydrogen-bond donors (Lipinski definition) is 1. The maximum absolute atomic E-state index is 3.57. The van der Waals surface area contributed by atoms with Gasteiger partial charge in [0, 0.05) is 10.5 Å². The minimum atomic E-state index is 0.581. The molecular weight excluding hydrogens is 238 g/mol. The predicted octanol–water partition coefficient (Wildman–Crippen LogP) is 3.44. The molecule has 1 fully saturated rings. The van der Waals surface area contributed by atoms with Crippen LogP contribution in [0.1, 0.15) is 36.9 Å². The SMILES string of the molecule is CCc1cc(Br)cc(C2CCCN2)c1. The molecule has 2 rings (SSSR count). The van der Waals surface area contributed by atoms with Crippen LogP contribution in [0, 0.1) is 0 Å². The van der Waals surface area contributed by atoms with Gasteiger partial charge in [0.05, 0.1) is 0 Å². The molecule has 1 N–H and O–H groups in total. The van der Waals surface area contributed by atoms with E-state index in [-0.39, 0.29) is 0 Å². The molecule has 1 nitrogen and oxygen atoms in total. The molecule has 0 radical (unpaired) electrons. The van der Waals surface area contributed by atoms with E-state index in [1.165, 1.54) is 35.0 Å². The van der Waals surface area contributed by atoms with Crippen LogP contribution in [0.4, 0.5) is 0 Å². The molecule has 0 aromatic heterocycles. The standard InChI is InChI=1S/C12H16BrN/c1-2-9-6-10(8-11(13)7-9)12-4-3-5-14-12/h6-8,12,14H,2-5H2,1H3. The van der Waals surface area contributed by atoms with Gasteiger partial charge < -0.3 is 5.32 Å².